The molecule has 25 heavy (non-hydrogen) atoms. The molecule has 0 saturated heterocycles. The van der Waals surface area contributed by atoms with E-state index in [1.165, 1.54) is 11.4 Å². The lowest BCUT2D eigenvalue weighted by atomic mass is 10.0. The highest BCUT2D eigenvalue weighted by molar-refractivity contribution is 7.91. The van der Waals surface area contributed by atoms with Crippen LogP contribution in [0.15, 0.2) is 20.7 Å². The first-order valence-electron chi connectivity index (χ1n) is 7.62. The molecule has 2 amide bonds. The number of nitrogens with zero attached hydrogens (tertiary/aromatic N) is 1. The number of hydrogen-bond donors (Lipinski definition) is 2. The summed E-state index contributed by atoms with van der Waals surface area (Å²) in [6, 6.07) is 0.428. The van der Waals surface area contributed by atoms with Gasteiger partial charge in [0.15, 0.2) is 0 Å². The van der Waals surface area contributed by atoms with Crippen LogP contribution in [0, 0.1) is 5.92 Å². The molecule has 0 fully saturated rings. The normalized spacial score (nSPS) is 15.4. The third kappa shape index (κ3) is 7.72. The Hall–Kier alpha value is -1.16. The quantitative estimate of drug-likeness (QED) is 0.774. The zero-order chi connectivity index (χ0) is 19.4. The fraction of sp³-hybridized carbons (Fsp3) is 0.600. The molecule has 7 nitrogen and oxygen atoms in total. The minimum atomic E-state index is -3.43. The Morgan fingerprint density at radius 3 is 2.48 bits per heavy atom. The summed E-state index contributed by atoms with van der Waals surface area (Å²) in [4.78, 5) is 24.6. The molecule has 142 valence electrons. The van der Waals surface area contributed by atoms with Gasteiger partial charge in [0.05, 0.1) is 9.23 Å². The zero-order valence-electron chi connectivity index (χ0n) is 14.9. The van der Waals surface area contributed by atoms with Crippen LogP contribution in [-0.4, -0.2) is 27.9 Å². The number of hydrogen-bond acceptors (Lipinski definition) is 5. The first-order chi connectivity index (χ1) is 11.3. The van der Waals surface area contributed by atoms with Crippen molar-refractivity contribution in [1.29, 1.82) is 0 Å². The van der Waals surface area contributed by atoms with Gasteiger partial charge in [0.25, 0.3) is 5.91 Å². The zero-order valence-corrected chi connectivity index (χ0v) is 17.3. The van der Waals surface area contributed by atoms with E-state index in [0.29, 0.717) is 10.8 Å². The van der Waals surface area contributed by atoms with Gasteiger partial charge in [-0.1, -0.05) is 25.4 Å². The van der Waals surface area contributed by atoms with Crippen LogP contribution in [0.2, 0.25) is 4.34 Å². The maximum absolute atomic E-state index is 12.5. The highest BCUT2D eigenvalue weighted by atomic mass is 35.5. The van der Waals surface area contributed by atoms with Gasteiger partial charge in [0.1, 0.15) is 21.6 Å². The summed E-state index contributed by atoms with van der Waals surface area (Å²) in [6.07, 6.45) is -0.439. The standard InChI is InChI=1S/C15H24ClN3O4S2/c1-9(2)6-11(18-14(21)23-15(3,4)5)13(20)19-25(17,22)10-7-12(16)24-8-10/h7-9,11H,6H2,1-5H3,(H,18,21)(H2,17,19,20,22)/t11-,25?/m0/s1. The Morgan fingerprint density at radius 2 is 2.04 bits per heavy atom. The molecule has 0 bridgehead atoms. The van der Waals surface area contributed by atoms with Crippen LogP contribution >= 0.6 is 22.9 Å². The Labute approximate surface area is 157 Å². The van der Waals surface area contributed by atoms with Gasteiger partial charge in [-0.25, -0.2) is 14.1 Å². The van der Waals surface area contributed by atoms with Crippen LogP contribution in [0.1, 0.15) is 41.0 Å². The van der Waals surface area contributed by atoms with Gasteiger partial charge in [-0.15, -0.1) is 15.7 Å². The van der Waals surface area contributed by atoms with Crippen LogP contribution in [0.5, 0.6) is 0 Å². The maximum atomic E-state index is 12.5. The fourth-order valence-corrected chi connectivity index (χ4v) is 4.21. The second kappa shape index (κ2) is 8.48. The molecule has 0 aliphatic rings. The molecule has 1 rings (SSSR count). The number of nitrogens with one attached hydrogen (secondary N) is 1. The van der Waals surface area contributed by atoms with Gasteiger partial charge in [-0.2, -0.15) is 0 Å². The van der Waals surface area contributed by atoms with Crippen LogP contribution in [-0.2, 0) is 19.4 Å². The molecule has 10 heteroatoms. The van der Waals surface area contributed by atoms with E-state index in [1.807, 2.05) is 13.8 Å². The number of carbonyl (C=O) groups excluding carboxylic acids is 2. The first kappa shape index (κ1) is 21.9. The summed E-state index contributed by atoms with van der Waals surface area (Å²) in [6.45, 7) is 8.90. The number of rotatable bonds is 5. The molecule has 0 aliphatic heterocycles. The number of halogens is 1. The predicted molar refractivity (Wildman–Crippen MR) is 100.0 cm³/mol. The van der Waals surface area contributed by atoms with Crippen molar-refractivity contribution in [3.8, 4) is 0 Å². The molecule has 0 saturated carbocycles. The number of thiophene rings is 1. The van der Waals surface area contributed by atoms with E-state index >= 15 is 0 Å². The second-order valence-electron chi connectivity index (χ2n) is 6.91. The van der Waals surface area contributed by atoms with E-state index in [4.69, 9.17) is 21.5 Å². The molecular weight excluding hydrogens is 386 g/mol. The van der Waals surface area contributed by atoms with Gasteiger partial charge in [-0.3, -0.25) is 4.79 Å². The van der Waals surface area contributed by atoms with Crippen molar-refractivity contribution in [2.45, 2.75) is 57.6 Å². The van der Waals surface area contributed by atoms with Crippen molar-refractivity contribution >= 4 is 44.9 Å². The molecule has 0 aromatic carbocycles. The molecule has 1 aromatic rings. The molecule has 1 heterocycles. The number of ether oxygens (including phenoxy) is 1. The van der Waals surface area contributed by atoms with Crippen LogP contribution in [0.4, 0.5) is 4.79 Å². The highest BCUT2D eigenvalue weighted by Gasteiger charge is 2.26. The van der Waals surface area contributed by atoms with Gasteiger partial charge < -0.3 is 10.1 Å². The lowest BCUT2D eigenvalue weighted by Crippen LogP contribution is -2.44. The summed E-state index contributed by atoms with van der Waals surface area (Å²) in [5.74, 6) is -0.683. The lowest BCUT2D eigenvalue weighted by molar-refractivity contribution is -0.120. The molecule has 0 spiro atoms. The number of nitrogens with two attached hydrogens (primary N) is 1. The maximum Gasteiger partial charge on any atom is 0.408 e. The van der Waals surface area contributed by atoms with Gasteiger partial charge in [0.2, 0.25) is 0 Å². The van der Waals surface area contributed by atoms with E-state index in [9.17, 15) is 13.8 Å². The molecule has 2 atom stereocenters. The summed E-state index contributed by atoms with van der Waals surface area (Å²) in [7, 11) is -3.43. The smallest absolute Gasteiger partial charge is 0.408 e. The Kier molecular flexibility index (Phi) is 7.42. The van der Waals surface area contributed by atoms with E-state index in [2.05, 4.69) is 9.68 Å². The van der Waals surface area contributed by atoms with E-state index < -0.39 is 33.6 Å². The third-order valence-corrected chi connectivity index (χ3v) is 5.41. The van der Waals surface area contributed by atoms with Crippen molar-refractivity contribution in [3.63, 3.8) is 0 Å². The molecule has 3 N–H and O–H groups in total. The Morgan fingerprint density at radius 1 is 1.44 bits per heavy atom. The van der Waals surface area contributed by atoms with Crippen LogP contribution in [0.3, 0.4) is 0 Å². The van der Waals surface area contributed by atoms with Gasteiger partial charge in [-0.05, 0) is 39.2 Å². The van der Waals surface area contributed by atoms with Crippen molar-refractivity contribution < 1.29 is 18.5 Å². The number of carbonyl (C=O) groups is 2. The lowest BCUT2D eigenvalue weighted by Gasteiger charge is -2.23. The number of alkyl carbamates (subject to hydrolysis) is 1. The second-order valence-corrected chi connectivity index (χ2v) is 10.2. The van der Waals surface area contributed by atoms with Crippen molar-refractivity contribution in [2.24, 2.45) is 15.4 Å². The summed E-state index contributed by atoms with van der Waals surface area (Å²) < 4.78 is 21.7. The molecule has 1 aromatic heterocycles. The van der Waals surface area contributed by atoms with E-state index in [0.717, 1.165) is 11.3 Å². The average molecular weight is 410 g/mol. The monoisotopic (exact) mass is 409 g/mol. The topological polar surface area (TPSA) is 111 Å². The minimum Gasteiger partial charge on any atom is -0.444 e. The Bertz CT molecular complexity index is 746. The van der Waals surface area contributed by atoms with Gasteiger partial charge >= 0.3 is 6.09 Å². The minimum absolute atomic E-state index is 0.0866. The highest BCUT2D eigenvalue weighted by Crippen LogP contribution is 2.23. The Balaban J connectivity index is 3.02. The predicted octanol–water partition coefficient (Wildman–Crippen LogP) is 3.57. The first-order valence-corrected chi connectivity index (χ1v) is 10.5. The molecule has 0 aliphatic carbocycles. The summed E-state index contributed by atoms with van der Waals surface area (Å²) >= 11 is 6.94. The van der Waals surface area contributed by atoms with Crippen LogP contribution < -0.4 is 10.5 Å². The fourth-order valence-electron chi connectivity index (χ4n) is 1.84. The van der Waals surface area contributed by atoms with Gasteiger partial charge in [0, 0.05) is 5.38 Å². The summed E-state index contributed by atoms with van der Waals surface area (Å²) in [5, 5.41) is 9.66. The van der Waals surface area contributed by atoms with Crippen molar-refractivity contribution in [1.82, 2.24) is 5.32 Å². The third-order valence-electron chi connectivity index (χ3n) is 2.80. The molecular formula is C15H24ClN3O4S2. The SMILES string of the molecule is CC(C)C[C@H](NC(=O)OC(C)(C)C)C(=O)N=S(N)(=O)c1csc(Cl)c1. The molecule has 1 unspecified atom stereocenters. The summed E-state index contributed by atoms with van der Waals surface area (Å²) in [5.41, 5.74) is -0.707. The number of amides is 2. The molecule has 0 radical (unpaired) electrons. The van der Waals surface area contributed by atoms with Crippen molar-refractivity contribution in [2.75, 3.05) is 0 Å². The largest absolute Gasteiger partial charge is 0.444 e. The average Bonchev–Trinajstić information content (AvgIpc) is 2.82. The van der Waals surface area contributed by atoms with Crippen molar-refractivity contribution in [3.05, 3.63) is 15.8 Å². The van der Waals surface area contributed by atoms with E-state index in [-0.39, 0.29) is 10.8 Å². The van der Waals surface area contributed by atoms with E-state index in [1.54, 1.807) is 20.8 Å². The van der Waals surface area contributed by atoms with Crippen LogP contribution in [0.25, 0.3) is 0 Å².